The topological polar surface area (TPSA) is 77.4 Å². The molecule has 2 aromatic carbocycles. The summed E-state index contributed by atoms with van der Waals surface area (Å²) in [4.78, 5) is 36.7. The molecular formula is C25H26N2O4. The first-order valence-electron chi connectivity index (χ1n) is 10.1. The molecule has 1 aromatic heterocycles. The van der Waals surface area contributed by atoms with Crippen molar-refractivity contribution in [1.29, 1.82) is 0 Å². The predicted octanol–water partition coefficient (Wildman–Crippen LogP) is 3.62. The molecule has 160 valence electrons. The average Bonchev–Trinajstić information content (AvgIpc) is 3.05. The van der Waals surface area contributed by atoms with Crippen LogP contribution in [0.1, 0.15) is 43.2 Å². The minimum atomic E-state index is -0.660. The highest BCUT2D eigenvalue weighted by molar-refractivity contribution is 6.00. The van der Waals surface area contributed by atoms with E-state index in [2.05, 4.69) is 9.88 Å². The molecule has 3 aromatic rings. The van der Waals surface area contributed by atoms with Crippen LogP contribution in [0.4, 0.5) is 0 Å². The van der Waals surface area contributed by atoms with Crippen LogP contribution in [0.5, 0.6) is 0 Å². The maximum Gasteiger partial charge on any atom is 0.325 e. The number of aryl methyl sites for hydroxylation is 2. The number of aromatic nitrogens is 1. The first-order valence-corrected chi connectivity index (χ1v) is 10.1. The molecular weight excluding hydrogens is 392 g/mol. The number of ketones is 1. The van der Waals surface area contributed by atoms with Crippen LogP contribution in [0, 0.1) is 20.8 Å². The number of carbonyl (C=O) groups is 3. The summed E-state index contributed by atoms with van der Waals surface area (Å²) in [6.45, 7) is 5.71. The van der Waals surface area contributed by atoms with Gasteiger partial charge in [0, 0.05) is 29.1 Å². The highest BCUT2D eigenvalue weighted by Crippen LogP contribution is 2.18. The monoisotopic (exact) mass is 418 g/mol. The number of esters is 1. The molecule has 0 aliphatic rings. The van der Waals surface area contributed by atoms with E-state index in [9.17, 15) is 14.4 Å². The molecule has 0 unspecified atom stereocenters. The van der Waals surface area contributed by atoms with Gasteiger partial charge in [-0.05, 0) is 44.5 Å². The van der Waals surface area contributed by atoms with Gasteiger partial charge in [0.15, 0.2) is 6.61 Å². The predicted molar refractivity (Wildman–Crippen MR) is 118 cm³/mol. The SMILES string of the molecule is Cc1cccc(C(=O)NCC(=O)OCC(=O)c2cc(C)n(Cc3ccccc3)c2C)c1. The molecule has 6 nitrogen and oxygen atoms in total. The molecule has 1 N–H and O–H groups in total. The molecule has 0 saturated carbocycles. The van der Waals surface area contributed by atoms with E-state index in [-0.39, 0.29) is 24.8 Å². The van der Waals surface area contributed by atoms with Crippen molar-refractivity contribution in [2.45, 2.75) is 27.3 Å². The highest BCUT2D eigenvalue weighted by atomic mass is 16.5. The van der Waals surface area contributed by atoms with Crippen LogP contribution >= 0.6 is 0 Å². The van der Waals surface area contributed by atoms with Crippen LogP contribution in [0.2, 0.25) is 0 Å². The number of nitrogens with one attached hydrogen (secondary N) is 1. The highest BCUT2D eigenvalue weighted by Gasteiger charge is 2.18. The lowest BCUT2D eigenvalue weighted by Gasteiger charge is -2.10. The Bertz CT molecular complexity index is 1100. The molecule has 0 aliphatic carbocycles. The second kappa shape index (κ2) is 9.89. The minimum absolute atomic E-state index is 0.272. The van der Waals surface area contributed by atoms with Crippen LogP contribution < -0.4 is 5.32 Å². The van der Waals surface area contributed by atoms with E-state index in [1.54, 1.807) is 18.2 Å². The average molecular weight is 418 g/mol. The fourth-order valence-corrected chi connectivity index (χ4v) is 3.41. The van der Waals surface area contributed by atoms with Crippen molar-refractivity contribution >= 4 is 17.7 Å². The first kappa shape index (κ1) is 22.0. The van der Waals surface area contributed by atoms with Gasteiger partial charge in [-0.2, -0.15) is 0 Å². The zero-order chi connectivity index (χ0) is 22.4. The van der Waals surface area contributed by atoms with Crippen molar-refractivity contribution in [3.05, 3.63) is 94.3 Å². The zero-order valence-electron chi connectivity index (χ0n) is 18.0. The van der Waals surface area contributed by atoms with E-state index in [1.165, 1.54) is 0 Å². The lowest BCUT2D eigenvalue weighted by Crippen LogP contribution is -2.31. The van der Waals surface area contributed by atoms with Gasteiger partial charge in [-0.1, -0.05) is 48.0 Å². The fourth-order valence-electron chi connectivity index (χ4n) is 3.41. The summed E-state index contributed by atoms with van der Waals surface area (Å²) in [5.41, 5.74) is 4.88. The number of carbonyl (C=O) groups excluding carboxylic acids is 3. The molecule has 6 heteroatoms. The van der Waals surface area contributed by atoms with Crippen molar-refractivity contribution in [2.24, 2.45) is 0 Å². The molecule has 0 bridgehead atoms. The van der Waals surface area contributed by atoms with E-state index in [4.69, 9.17) is 4.74 Å². The summed E-state index contributed by atoms with van der Waals surface area (Å²) in [6.07, 6.45) is 0. The Kier molecular flexibility index (Phi) is 7.03. The summed E-state index contributed by atoms with van der Waals surface area (Å²) in [6, 6.07) is 18.9. The van der Waals surface area contributed by atoms with Gasteiger partial charge in [0.1, 0.15) is 6.54 Å². The number of Topliss-reactive ketones (excluding diaryl/α,β-unsaturated/α-hetero) is 1. The second-order valence-electron chi connectivity index (χ2n) is 7.49. The Balaban J connectivity index is 1.54. The summed E-state index contributed by atoms with van der Waals surface area (Å²) in [7, 11) is 0. The lowest BCUT2D eigenvalue weighted by molar-refractivity contribution is -0.141. The van der Waals surface area contributed by atoms with Gasteiger partial charge in [0.25, 0.3) is 5.91 Å². The Morgan fingerprint density at radius 1 is 0.935 bits per heavy atom. The third kappa shape index (κ3) is 5.69. The van der Waals surface area contributed by atoms with Crippen LogP contribution in [-0.4, -0.2) is 35.4 Å². The molecule has 31 heavy (non-hydrogen) atoms. The lowest BCUT2D eigenvalue weighted by atomic mass is 10.1. The summed E-state index contributed by atoms with van der Waals surface area (Å²) in [5.74, 6) is -1.30. The molecule has 0 fully saturated rings. The maximum absolute atomic E-state index is 12.6. The van der Waals surface area contributed by atoms with Crippen molar-refractivity contribution in [3.8, 4) is 0 Å². The second-order valence-corrected chi connectivity index (χ2v) is 7.49. The largest absolute Gasteiger partial charge is 0.456 e. The molecule has 1 heterocycles. The Hall–Kier alpha value is -3.67. The van der Waals surface area contributed by atoms with Crippen molar-refractivity contribution in [1.82, 2.24) is 9.88 Å². The zero-order valence-corrected chi connectivity index (χ0v) is 18.0. The van der Waals surface area contributed by atoms with Gasteiger partial charge >= 0.3 is 5.97 Å². The molecule has 0 aliphatic heterocycles. The molecule has 0 atom stereocenters. The standard InChI is InChI=1S/C25H26N2O4/c1-17-8-7-11-21(12-17)25(30)26-14-24(29)31-16-23(28)22-13-18(2)27(19(22)3)15-20-9-5-4-6-10-20/h4-13H,14-16H2,1-3H3,(H,26,30). The number of hydrogen-bond donors (Lipinski definition) is 1. The van der Waals surface area contributed by atoms with E-state index in [1.807, 2.05) is 63.2 Å². The number of amides is 1. The van der Waals surface area contributed by atoms with Gasteiger partial charge in [-0.3, -0.25) is 14.4 Å². The molecule has 0 spiro atoms. The molecule has 3 rings (SSSR count). The summed E-state index contributed by atoms with van der Waals surface area (Å²) < 4.78 is 7.14. The summed E-state index contributed by atoms with van der Waals surface area (Å²) >= 11 is 0. The van der Waals surface area contributed by atoms with Crippen LogP contribution in [0.25, 0.3) is 0 Å². The fraction of sp³-hybridized carbons (Fsp3) is 0.240. The van der Waals surface area contributed by atoms with Crippen LogP contribution in [0.15, 0.2) is 60.7 Å². The van der Waals surface area contributed by atoms with E-state index >= 15 is 0 Å². The molecule has 1 amide bonds. The number of nitrogens with zero attached hydrogens (tertiary/aromatic N) is 1. The van der Waals surface area contributed by atoms with Gasteiger partial charge in [-0.15, -0.1) is 0 Å². The van der Waals surface area contributed by atoms with E-state index in [0.29, 0.717) is 17.7 Å². The van der Waals surface area contributed by atoms with Crippen molar-refractivity contribution in [3.63, 3.8) is 0 Å². The maximum atomic E-state index is 12.6. The van der Waals surface area contributed by atoms with Gasteiger partial charge in [0.05, 0.1) is 0 Å². The van der Waals surface area contributed by atoms with E-state index in [0.717, 1.165) is 22.5 Å². The third-order valence-electron chi connectivity index (χ3n) is 5.10. The normalized spacial score (nSPS) is 10.5. The molecule has 0 saturated heterocycles. The number of hydrogen-bond acceptors (Lipinski definition) is 4. The summed E-state index contributed by atoms with van der Waals surface area (Å²) in [5, 5.41) is 2.51. The van der Waals surface area contributed by atoms with E-state index < -0.39 is 5.97 Å². The number of ether oxygens (including phenoxy) is 1. The van der Waals surface area contributed by atoms with Crippen LogP contribution in [-0.2, 0) is 16.1 Å². The van der Waals surface area contributed by atoms with Crippen molar-refractivity contribution in [2.75, 3.05) is 13.2 Å². The number of benzene rings is 2. The third-order valence-corrected chi connectivity index (χ3v) is 5.10. The number of rotatable bonds is 8. The van der Waals surface area contributed by atoms with Gasteiger partial charge in [-0.25, -0.2) is 0 Å². The Morgan fingerprint density at radius 2 is 1.68 bits per heavy atom. The smallest absolute Gasteiger partial charge is 0.325 e. The van der Waals surface area contributed by atoms with Gasteiger partial charge < -0.3 is 14.6 Å². The van der Waals surface area contributed by atoms with Crippen LogP contribution in [0.3, 0.4) is 0 Å². The van der Waals surface area contributed by atoms with Gasteiger partial charge in [0.2, 0.25) is 5.78 Å². The minimum Gasteiger partial charge on any atom is -0.456 e. The Morgan fingerprint density at radius 3 is 2.39 bits per heavy atom. The molecule has 0 radical (unpaired) electrons. The quantitative estimate of drug-likeness (QED) is 0.448. The van der Waals surface area contributed by atoms with Crippen molar-refractivity contribution < 1.29 is 19.1 Å². The Labute approximate surface area is 181 Å². The first-order chi connectivity index (χ1) is 14.8.